The first kappa shape index (κ1) is 17.1. The molecule has 0 aliphatic carbocycles. The molecule has 0 saturated carbocycles. The zero-order valence-corrected chi connectivity index (χ0v) is 14.7. The maximum atomic E-state index is 12.7. The van der Waals surface area contributed by atoms with Gasteiger partial charge in [-0.3, -0.25) is 14.7 Å². The van der Waals surface area contributed by atoms with Gasteiger partial charge in [-0.1, -0.05) is 12.1 Å². The van der Waals surface area contributed by atoms with Crippen LogP contribution in [0.2, 0.25) is 0 Å². The van der Waals surface area contributed by atoms with Crippen LogP contribution >= 0.6 is 0 Å². The van der Waals surface area contributed by atoms with E-state index in [2.05, 4.69) is 15.5 Å². The van der Waals surface area contributed by atoms with Gasteiger partial charge in [-0.25, -0.2) is 0 Å². The van der Waals surface area contributed by atoms with Crippen LogP contribution in [0, 0.1) is 0 Å². The molecule has 2 N–H and O–H groups in total. The van der Waals surface area contributed by atoms with Crippen molar-refractivity contribution in [2.24, 2.45) is 0 Å². The molecule has 1 saturated heterocycles. The summed E-state index contributed by atoms with van der Waals surface area (Å²) < 4.78 is 5.20. The average Bonchev–Trinajstić information content (AvgIpc) is 3.42. The number of H-pyrrole nitrogens is 1. The summed E-state index contributed by atoms with van der Waals surface area (Å²) in [6.45, 7) is 1.15. The highest BCUT2D eigenvalue weighted by Gasteiger charge is 2.27. The van der Waals surface area contributed by atoms with Gasteiger partial charge in [0.25, 0.3) is 11.8 Å². The molecule has 0 radical (unpaired) electrons. The second kappa shape index (κ2) is 7.49. The van der Waals surface area contributed by atoms with Crippen molar-refractivity contribution in [3.63, 3.8) is 0 Å². The fraction of sp³-hybridized carbons (Fsp3) is 0.250. The van der Waals surface area contributed by atoms with Gasteiger partial charge in [-0.05, 0) is 42.7 Å². The first-order valence-electron chi connectivity index (χ1n) is 8.93. The third kappa shape index (κ3) is 3.76. The molecule has 0 bridgehead atoms. The van der Waals surface area contributed by atoms with Crippen LogP contribution in [0.5, 0.6) is 0 Å². The maximum absolute atomic E-state index is 12.7. The molecule has 2 amide bonds. The van der Waals surface area contributed by atoms with Crippen LogP contribution < -0.4 is 5.32 Å². The first-order valence-corrected chi connectivity index (χ1v) is 8.93. The van der Waals surface area contributed by atoms with Crippen LogP contribution in [0.25, 0.3) is 11.1 Å². The van der Waals surface area contributed by atoms with Crippen LogP contribution in [0.15, 0.2) is 59.5 Å². The van der Waals surface area contributed by atoms with Crippen LogP contribution in [-0.2, 0) is 0 Å². The number of benzene rings is 1. The Labute approximate surface area is 156 Å². The monoisotopic (exact) mass is 364 g/mol. The Hall–Kier alpha value is -3.35. The lowest BCUT2D eigenvalue weighted by Crippen LogP contribution is -2.49. The van der Waals surface area contributed by atoms with Crippen LogP contribution in [0.3, 0.4) is 0 Å². The number of aromatic nitrogens is 2. The predicted octanol–water partition coefficient (Wildman–Crippen LogP) is 2.70. The van der Waals surface area contributed by atoms with Gasteiger partial charge >= 0.3 is 0 Å². The molecule has 1 aliphatic heterocycles. The Kier molecular flexibility index (Phi) is 4.74. The van der Waals surface area contributed by atoms with Crippen molar-refractivity contribution in [1.29, 1.82) is 0 Å². The van der Waals surface area contributed by atoms with Crippen LogP contribution in [0.4, 0.5) is 0 Å². The van der Waals surface area contributed by atoms with E-state index in [4.69, 9.17) is 4.42 Å². The number of hydrogen-bond donors (Lipinski definition) is 2. The van der Waals surface area contributed by atoms with E-state index >= 15 is 0 Å². The number of furan rings is 1. The zero-order valence-electron chi connectivity index (χ0n) is 14.7. The summed E-state index contributed by atoms with van der Waals surface area (Å²) in [6.07, 6.45) is 6.68. The number of likely N-dealkylation sites (tertiary alicyclic amines) is 1. The number of carbonyl (C=O) groups is 2. The zero-order chi connectivity index (χ0) is 18.6. The molecule has 1 atom stereocenters. The Morgan fingerprint density at radius 2 is 2.15 bits per heavy atom. The predicted molar refractivity (Wildman–Crippen MR) is 99.1 cm³/mol. The van der Waals surface area contributed by atoms with Crippen molar-refractivity contribution in [1.82, 2.24) is 20.4 Å². The molecule has 4 rings (SSSR count). The Morgan fingerprint density at radius 3 is 2.93 bits per heavy atom. The number of amides is 2. The van der Waals surface area contributed by atoms with Gasteiger partial charge < -0.3 is 14.6 Å². The summed E-state index contributed by atoms with van der Waals surface area (Å²) in [5.74, 6) is 0.0494. The molecule has 138 valence electrons. The number of carbonyl (C=O) groups excluding carboxylic acids is 2. The molecule has 0 unspecified atom stereocenters. The summed E-state index contributed by atoms with van der Waals surface area (Å²) in [5.41, 5.74) is 2.44. The Balaban J connectivity index is 1.42. The van der Waals surface area contributed by atoms with Crippen molar-refractivity contribution in [2.45, 2.75) is 18.9 Å². The highest BCUT2D eigenvalue weighted by atomic mass is 16.3. The van der Waals surface area contributed by atoms with E-state index in [9.17, 15) is 9.59 Å². The van der Waals surface area contributed by atoms with Gasteiger partial charge in [0.1, 0.15) is 0 Å². The fourth-order valence-corrected chi connectivity index (χ4v) is 3.35. The van der Waals surface area contributed by atoms with Gasteiger partial charge in [0, 0.05) is 36.5 Å². The summed E-state index contributed by atoms with van der Waals surface area (Å²) in [7, 11) is 0. The van der Waals surface area contributed by atoms with Crippen LogP contribution in [-0.4, -0.2) is 46.0 Å². The topological polar surface area (TPSA) is 91.2 Å². The van der Waals surface area contributed by atoms with Crippen molar-refractivity contribution in [3.8, 4) is 11.1 Å². The standard InChI is InChI=1S/C20H20N4O3/c25-19(15-5-1-4-14(10-15)16-11-21-22-12-16)23-17-6-2-8-24(13-17)20(26)18-7-3-9-27-18/h1,3-5,7,9-12,17H,2,6,8,13H2,(H,21,22)(H,23,25)/t17-/m0/s1. The lowest BCUT2D eigenvalue weighted by atomic mass is 10.0. The lowest BCUT2D eigenvalue weighted by Gasteiger charge is -2.32. The SMILES string of the molecule is O=C(N[C@H]1CCCN(C(=O)c2ccco2)C1)c1cccc(-c2cn[nH]c2)c1. The fourth-order valence-electron chi connectivity index (χ4n) is 3.35. The van der Waals surface area contributed by atoms with Crippen molar-refractivity contribution in [3.05, 3.63) is 66.4 Å². The third-order valence-corrected chi connectivity index (χ3v) is 4.73. The number of aromatic amines is 1. The molecule has 7 heteroatoms. The van der Waals surface area contributed by atoms with E-state index in [1.54, 1.807) is 35.5 Å². The van der Waals surface area contributed by atoms with Crippen LogP contribution in [0.1, 0.15) is 33.8 Å². The Morgan fingerprint density at radius 1 is 1.22 bits per heavy atom. The lowest BCUT2D eigenvalue weighted by molar-refractivity contribution is 0.0647. The number of piperidine rings is 1. The van der Waals surface area contributed by atoms with E-state index in [-0.39, 0.29) is 17.9 Å². The largest absolute Gasteiger partial charge is 0.459 e. The molecule has 0 spiro atoms. The molecule has 27 heavy (non-hydrogen) atoms. The first-order chi connectivity index (χ1) is 13.2. The smallest absolute Gasteiger partial charge is 0.289 e. The van der Waals surface area contributed by atoms with E-state index in [1.807, 2.05) is 18.2 Å². The van der Waals surface area contributed by atoms with Gasteiger partial charge in [0.15, 0.2) is 5.76 Å². The number of hydrogen-bond acceptors (Lipinski definition) is 4. The van der Waals surface area contributed by atoms with Crippen molar-refractivity contribution in [2.75, 3.05) is 13.1 Å². The molecule has 1 aliphatic rings. The normalized spacial score (nSPS) is 16.9. The minimum absolute atomic E-state index is 0.0808. The molecule has 2 aromatic heterocycles. The molecular formula is C20H20N4O3. The highest BCUT2D eigenvalue weighted by Crippen LogP contribution is 2.19. The highest BCUT2D eigenvalue weighted by molar-refractivity contribution is 5.96. The van der Waals surface area contributed by atoms with Gasteiger partial charge in [0.05, 0.1) is 12.5 Å². The molecule has 3 heterocycles. The number of nitrogens with one attached hydrogen (secondary N) is 2. The Bertz CT molecular complexity index is 919. The minimum Gasteiger partial charge on any atom is -0.459 e. The summed E-state index contributed by atoms with van der Waals surface area (Å²) in [4.78, 5) is 26.9. The van der Waals surface area contributed by atoms with Crippen molar-refractivity contribution >= 4 is 11.8 Å². The number of rotatable bonds is 4. The summed E-state index contributed by atoms with van der Waals surface area (Å²) >= 11 is 0. The van der Waals surface area contributed by atoms with Gasteiger partial charge in [0.2, 0.25) is 0 Å². The molecule has 3 aromatic rings. The minimum atomic E-state index is -0.141. The quantitative estimate of drug-likeness (QED) is 0.745. The molecule has 1 fully saturated rings. The second-order valence-corrected chi connectivity index (χ2v) is 6.61. The summed E-state index contributed by atoms with van der Waals surface area (Å²) in [5, 5.41) is 9.77. The molecular weight excluding hydrogens is 344 g/mol. The van der Waals surface area contributed by atoms with Gasteiger partial charge in [-0.2, -0.15) is 5.10 Å². The number of nitrogens with zero attached hydrogens (tertiary/aromatic N) is 2. The molecule has 1 aromatic carbocycles. The van der Waals surface area contributed by atoms with Gasteiger partial charge in [-0.15, -0.1) is 0 Å². The maximum Gasteiger partial charge on any atom is 0.289 e. The summed E-state index contributed by atoms with van der Waals surface area (Å²) in [6, 6.07) is 10.7. The second-order valence-electron chi connectivity index (χ2n) is 6.61. The third-order valence-electron chi connectivity index (χ3n) is 4.73. The van der Waals surface area contributed by atoms with Crippen molar-refractivity contribution < 1.29 is 14.0 Å². The average molecular weight is 364 g/mol. The van der Waals surface area contributed by atoms with E-state index in [0.717, 1.165) is 24.0 Å². The van der Waals surface area contributed by atoms with E-state index in [1.165, 1.54) is 6.26 Å². The molecule has 7 nitrogen and oxygen atoms in total. The van der Waals surface area contributed by atoms with E-state index < -0.39 is 0 Å². The van der Waals surface area contributed by atoms with E-state index in [0.29, 0.717) is 24.4 Å².